The number of ether oxygens (including phenoxy) is 2. The molecule has 0 N–H and O–H groups in total. The maximum atomic E-state index is 12.6. The molecule has 0 fully saturated rings. The summed E-state index contributed by atoms with van der Waals surface area (Å²) in [5, 5.41) is 0. The van der Waals surface area contributed by atoms with Crippen LogP contribution in [0.3, 0.4) is 0 Å². The second kappa shape index (κ2) is 11.3. The summed E-state index contributed by atoms with van der Waals surface area (Å²) in [5.74, 6) is -1.02. The van der Waals surface area contributed by atoms with Crippen molar-refractivity contribution in [1.82, 2.24) is 0 Å². The second-order valence-corrected chi connectivity index (χ2v) is 8.61. The van der Waals surface area contributed by atoms with Crippen molar-refractivity contribution in [2.45, 2.75) is 20.8 Å². The molecule has 4 aromatic rings. The number of nitrogens with zero attached hydrogens (tertiary/aromatic N) is 1. The summed E-state index contributed by atoms with van der Waals surface area (Å²) in [6, 6.07) is 27.3. The molecule has 7 heteroatoms. The van der Waals surface area contributed by atoms with Crippen LogP contribution in [0.2, 0.25) is 0 Å². The van der Waals surface area contributed by atoms with Gasteiger partial charge in [-0.15, -0.1) is 0 Å². The van der Waals surface area contributed by atoms with Gasteiger partial charge in [-0.3, -0.25) is 14.5 Å². The van der Waals surface area contributed by atoms with Crippen molar-refractivity contribution in [3.8, 4) is 22.6 Å². The van der Waals surface area contributed by atoms with Crippen molar-refractivity contribution in [3.63, 3.8) is 0 Å². The lowest BCUT2D eigenvalue weighted by atomic mass is 10.1. The lowest BCUT2D eigenvalue weighted by Gasteiger charge is -2.17. The lowest BCUT2D eigenvalue weighted by Crippen LogP contribution is -2.33. The van der Waals surface area contributed by atoms with Crippen molar-refractivity contribution in [1.29, 1.82) is 0 Å². The Morgan fingerprint density at radius 3 is 1.26 bits per heavy atom. The van der Waals surface area contributed by atoms with Gasteiger partial charge in [-0.1, -0.05) is 42.0 Å². The van der Waals surface area contributed by atoms with Crippen LogP contribution in [0.4, 0.5) is 5.69 Å². The first-order valence-electron chi connectivity index (χ1n) is 11.8. The van der Waals surface area contributed by atoms with Crippen molar-refractivity contribution in [3.05, 3.63) is 114 Å². The summed E-state index contributed by atoms with van der Waals surface area (Å²) in [5.41, 5.74) is 3.99. The van der Waals surface area contributed by atoms with Crippen LogP contribution in [0, 0.1) is 6.92 Å². The zero-order valence-corrected chi connectivity index (χ0v) is 21.1. The van der Waals surface area contributed by atoms with Crippen LogP contribution in [0.1, 0.15) is 40.1 Å². The Kier molecular flexibility index (Phi) is 7.77. The number of anilines is 1. The molecule has 38 heavy (non-hydrogen) atoms. The Morgan fingerprint density at radius 1 is 0.526 bits per heavy atom. The molecule has 0 aliphatic rings. The Labute approximate surface area is 220 Å². The zero-order chi connectivity index (χ0) is 27.2. The van der Waals surface area contributed by atoms with E-state index in [4.69, 9.17) is 9.47 Å². The molecule has 7 nitrogen and oxygen atoms in total. The molecule has 4 rings (SSSR count). The molecule has 0 aliphatic heterocycles. The summed E-state index contributed by atoms with van der Waals surface area (Å²) in [6.07, 6.45) is 0. The highest BCUT2D eigenvalue weighted by Crippen LogP contribution is 2.26. The number of imide groups is 1. The number of aryl methyl sites for hydroxylation is 1. The Hall–Kier alpha value is -5.04. The molecule has 2 amide bonds. The van der Waals surface area contributed by atoms with Crippen LogP contribution in [-0.2, 0) is 9.59 Å². The summed E-state index contributed by atoms with van der Waals surface area (Å²) in [7, 11) is 0. The number of amides is 2. The number of benzene rings is 4. The summed E-state index contributed by atoms with van der Waals surface area (Å²) < 4.78 is 10.9. The molecule has 0 atom stereocenters. The minimum Gasteiger partial charge on any atom is -0.423 e. The summed E-state index contributed by atoms with van der Waals surface area (Å²) in [4.78, 5) is 49.3. The van der Waals surface area contributed by atoms with E-state index in [1.165, 1.54) is 38.1 Å². The first-order valence-corrected chi connectivity index (χ1v) is 11.8. The largest absolute Gasteiger partial charge is 0.423 e. The van der Waals surface area contributed by atoms with Crippen molar-refractivity contribution < 1.29 is 28.7 Å². The molecule has 0 saturated heterocycles. The average molecular weight is 508 g/mol. The SMILES string of the molecule is CC(=O)N(C(C)=O)c1ccc(C(=O)Oc2ccc(-c3ccc(OC(=O)c4ccc(C)cc4)cc3)cc2)cc1. The predicted molar refractivity (Wildman–Crippen MR) is 143 cm³/mol. The van der Waals surface area contributed by atoms with Crippen LogP contribution in [0.25, 0.3) is 11.1 Å². The maximum absolute atomic E-state index is 12.6. The molecule has 0 radical (unpaired) electrons. The fourth-order valence-corrected chi connectivity index (χ4v) is 3.78. The molecule has 190 valence electrons. The minimum absolute atomic E-state index is 0.278. The quantitative estimate of drug-likeness (QED) is 0.235. The van der Waals surface area contributed by atoms with Gasteiger partial charge in [-0.05, 0) is 78.7 Å². The zero-order valence-electron chi connectivity index (χ0n) is 21.1. The van der Waals surface area contributed by atoms with E-state index < -0.39 is 23.8 Å². The van der Waals surface area contributed by atoms with Crippen LogP contribution in [0.5, 0.6) is 11.5 Å². The number of hydrogen-bond donors (Lipinski definition) is 0. The molecular formula is C31H25NO6. The average Bonchev–Trinajstić information content (AvgIpc) is 2.90. The van der Waals surface area contributed by atoms with Crippen molar-refractivity contribution in [2.75, 3.05) is 4.90 Å². The molecule has 4 aromatic carbocycles. The highest BCUT2D eigenvalue weighted by atomic mass is 16.5. The lowest BCUT2D eigenvalue weighted by molar-refractivity contribution is -0.124. The topological polar surface area (TPSA) is 90.0 Å². The van der Waals surface area contributed by atoms with E-state index in [1.807, 2.05) is 43.3 Å². The molecule has 0 spiro atoms. The molecule has 0 bridgehead atoms. The Morgan fingerprint density at radius 2 is 0.895 bits per heavy atom. The number of carbonyl (C=O) groups excluding carboxylic acids is 4. The number of carbonyl (C=O) groups is 4. The standard InChI is InChI=1S/C31H25NO6/c1-20-4-6-25(7-5-20)30(35)37-28-16-10-23(11-17-28)24-12-18-29(19-13-24)38-31(36)26-8-14-27(15-9-26)32(21(2)33)22(3)34/h4-19H,1-3H3. The minimum atomic E-state index is -0.568. The Bertz CT molecular complexity index is 1460. The normalized spacial score (nSPS) is 10.4. The molecule has 0 heterocycles. The van der Waals surface area contributed by atoms with Gasteiger partial charge in [0.05, 0.1) is 16.8 Å². The predicted octanol–water partition coefficient (Wildman–Crippen LogP) is 6.00. The highest BCUT2D eigenvalue weighted by Gasteiger charge is 2.17. The monoisotopic (exact) mass is 507 g/mol. The fraction of sp³-hybridized carbons (Fsp3) is 0.0968. The van der Waals surface area contributed by atoms with Crippen LogP contribution in [-0.4, -0.2) is 23.8 Å². The van der Waals surface area contributed by atoms with E-state index in [-0.39, 0.29) is 5.56 Å². The molecule has 0 aromatic heterocycles. The molecule has 0 saturated carbocycles. The van der Waals surface area contributed by atoms with E-state index in [9.17, 15) is 19.2 Å². The van der Waals surface area contributed by atoms with Crippen LogP contribution < -0.4 is 14.4 Å². The van der Waals surface area contributed by atoms with E-state index in [1.54, 1.807) is 36.4 Å². The van der Waals surface area contributed by atoms with Gasteiger partial charge in [0.25, 0.3) is 0 Å². The Balaban J connectivity index is 1.37. The molecular weight excluding hydrogens is 482 g/mol. The fourth-order valence-electron chi connectivity index (χ4n) is 3.78. The third-order valence-electron chi connectivity index (χ3n) is 5.74. The first-order chi connectivity index (χ1) is 18.2. The van der Waals surface area contributed by atoms with Gasteiger partial charge in [0, 0.05) is 13.8 Å². The third kappa shape index (κ3) is 6.20. The van der Waals surface area contributed by atoms with Crippen molar-refractivity contribution >= 4 is 29.4 Å². The molecule has 0 aliphatic carbocycles. The van der Waals surface area contributed by atoms with Gasteiger partial charge in [0.2, 0.25) is 11.8 Å². The van der Waals surface area contributed by atoms with E-state index >= 15 is 0 Å². The van der Waals surface area contributed by atoms with E-state index in [0.717, 1.165) is 21.6 Å². The highest BCUT2D eigenvalue weighted by molar-refractivity contribution is 6.13. The van der Waals surface area contributed by atoms with E-state index in [0.29, 0.717) is 22.7 Å². The van der Waals surface area contributed by atoms with Gasteiger partial charge in [-0.2, -0.15) is 0 Å². The molecule has 0 unspecified atom stereocenters. The van der Waals surface area contributed by atoms with Gasteiger partial charge < -0.3 is 9.47 Å². The third-order valence-corrected chi connectivity index (χ3v) is 5.74. The van der Waals surface area contributed by atoms with Crippen LogP contribution in [0.15, 0.2) is 97.1 Å². The number of rotatable bonds is 6. The van der Waals surface area contributed by atoms with Crippen LogP contribution >= 0.6 is 0 Å². The van der Waals surface area contributed by atoms with Crippen molar-refractivity contribution in [2.24, 2.45) is 0 Å². The first kappa shape index (κ1) is 26.0. The smallest absolute Gasteiger partial charge is 0.343 e. The summed E-state index contributed by atoms with van der Waals surface area (Å²) >= 11 is 0. The summed E-state index contributed by atoms with van der Waals surface area (Å²) in [6.45, 7) is 4.54. The van der Waals surface area contributed by atoms with Gasteiger partial charge in [0.1, 0.15) is 11.5 Å². The van der Waals surface area contributed by atoms with Gasteiger partial charge in [-0.25, -0.2) is 9.59 Å². The maximum Gasteiger partial charge on any atom is 0.343 e. The van der Waals surface area contributed by atoms with Gasteiger partial charge in [0.15, 0.2) is 0 Å². The number of hydrogen-bond acceptors (Lipinski definition) is 6. The number of esters is 2. The van der Waals surface area contributed by atoms with E-state index in [2.05, 4.69) is 0 Å². The second-order valence-electron chi connectivity index (χ2n) is 8.61. The van der Waals surface area contributed by atoms with Gasteiger partial charge >= 0.3 is 11.9 Å².